The van der Waals surface area contributed by atoms with Gasteiger partial charge in [-0.25, -0.2) is 4.98 Å². The van der Waals surface area contributed by atoms with Gasteiger partial charge in [-0.2, -0.15) is 0 Å². The normalized spacial score (nSPS) is 13.1. The van der Waals surface area contributed by atoms with Gasteiger partial charge in [-0.1, -0.05) is 6.07 Å². The van der Waals surface area contributed by atoms with Gasteiger partial charge in [0.15, 0.2) is 5.44 Å². The van der Waals surface area contributed by atoms with Gasteiger partial charge in [0.1, 0.15) is 5.82 Å². The van der Waals surface area contributed by atoms with E-state index in [0.29, 0.717) is 5.16 Å². The molecule has 7 heteroatoms. The SMILES string of the molecule is CC(OC(=O)C(C)(C)C)Sc1n[nH]c(Cc2cccs2)n1. The van der Waals surface area contributed by atoms with Gasteiger partial charge < -0.3 is 4.74 Å². The lowest BCUT2D eigenvalue weighted by Crippen LogP contribution is -2.25. The van der Waals surface area contributed by atoms with E-state index in [2.05, 4.69) is 21.2 Å². The number of hydrogen-bond donors (Lipinski definition) is 1. The Balaban J connectivity index is 1.88. The van der Waals surface area contributed by atoms with Gasteiger partial charge in [-0.15, -0.1) is 16.4 Å². The Morgan fingerprint density at radius 1 is 1.52 bits per heavy atom. The van der Waals surface area contributed by atoms with Crippen LogP contribution in [0.15, 0.2) is 22.7 Å². The first kappa shape index (κ1) is 16.0. The summed E-state index contributed by atoms with van der Waals surface area (Å²) in [6, 6.07) is 4.08. The number of aromatic amines is 1. The number of carbonyl (C=O) groups is 1. The Morgan fingerprint density at radius 3 is 2.90 bits per heavy atom. The molecule has 0 amide bonds. The highest BCUT2D eigenvalue weighted by Gasteiger charge is 2.25. The number of rotatable bonds is 5. The molecule has 1 N–H and O–H groups in total. The van der Waals surface area contributed by atoms with E-state index < -0.39 is 5.41 Å². The quantitative estimate of drug-likeness (QED) is 0.518. The summed E-state index contributed by atoms with van der Waals surface area (Å²) in [5.41, 5.74) is -0.819. The standard InChI is InChI=1S/C14H19N3O2S2/c1-9(19-12(18)14(2,3)4)21-13-15-11(16-17-13)8-10-6-5-7-20-10/h5-7,9H,8H2,1-4H3,(H,15,16,17). The van der Waals surface area contributed by atoms with Crippen LogP contribution in [0.3, 0.4) is 0 Å². The second kappa shape index (κ2) is 6.62. The minimum Gasteiger partial charge on any atom is -0.451 e. The van der Waals surface area contributed by atoms with Crippen molar-refractivity contribution in [2.45, 2.75) is 44.7 Å². The highest BCUT2D eigenvalue weighted by molar-refractivity contribution is 7.99. The van der Waals surface area contributed by atoms with Crippen molar-refractivity contribution in [1.29, 1.82) is 0 Å². The molecule has 2 rings (SSSR count). The van der Waals surface area contributed by atoms with Crippen LogP contribution in [-0.4, -0.2) is 26.6 Å². The van der Waals surface area contributed by atoms with E-state index in [-0.39, 0.29) is 11.4 Å². The number of thioether (sulfide) groups is 1. The summed E-state index contributed by atoms with van der Waals surface area (Å²) in [5, 5.41) is 9.69. The summed E-state index contributed by atoms with van der Waals surface area (Å²) in [5.74, 6) is 0.589. The van der Waals surface area contributed by atoms with Gasteiger partial charge in [0.25, 0.3) is 0 Å². The second-order valence-corrected chi connectivity index (χ2v) is 7.96. The molecule has 0 aliphatic carbocycles. The molecule has 0 aliphatic rings. The van der Waals surface area contributed by atoms with Gasteiger partial charge in [0, 0.05) is 11.3 Å². The molecular formula is C14H19N3O2S2. The number of esters is 1. The first-order chi connectivity index (χ1) is 9.84. The fourth-order valence-corrected chi connectivity index (χ4v) is 2.89. The molecule has 0 fully saturated rings. The van der Waals surface area contributed by atoms with Crippen LogP contribution < -0.4 is 0 Å². The van der Waals surface area contributed by atoms with E-state index in [0.717, 1.165) is 12.2 Å². The van der Waals surface area contributed by atoms with Crippen molar-refractivity contribution in [3.8, 4) is 0 Å². The first-order valence-corrected chi connectivity index (χ1v) is 8.42. The Labute approximate surface area is 132 Å². The molecule has 0 aliphatic heterocycles. The molecule has 2 aromatic heterocycles. The van der Waals surface area contributed by atoms with Crippen molar-refractivity contribution in [3.63, 3.8) is 0 Å². The van der Waals surface area contributed by atoms with Crippen molar-refractivity contribution in [2.75, 3.05) is 0 Å². The van der Waals surface area contributed by atoms with Crippen LogP contribution in [0.1, 0.15) is 38.4 Å². The monoisotopic (exact) mass is 325 g/mol. The van der Waals surface area contributed by atoms with Gasteiger partial charge in [0.2, 0.25) is 5.16 Å². The van der Waals surface area contributed by atoms with E-state index in [1.165, 1.54) is 16.6 Å². The summed E-state index contributed by atoms with van der Waals surface area (Å²) in [6.45, 7) is 7.32. The van der Waals surface area contributed by atoms with Crippen molar-refractivity contribution in [1.82, 2.24) is 15.2 Å². The third-order valence-electron chi connectivity index (χ3n) is 2.59. The van der Waals surface area contributed by atoms with Crippen LogP contribution in [0.2, 0.25) is 0 Å². The van der Waals surface area contributed by atoms with Crippen LogP contribution in [0.4, 0.5) is 0 Å². The highest BCUT2D eigenvalue weighted by atomic mass is 32.2. The molecular weight excluding hydrogens is 306 g/mol. The zero-order valence-corrected chi connectivity index (χ0v) is 14.2. The Morgan fingerprint density at radius 2 is 2.29 bits per heavy atom. The van der Waals surface area contributed by atoms with E-state index in [9.17, 15) is 4.79 Å². The number of aromatic nitrogens is 3. The lowest BCUT2D eigenvalue weighted by atomic mass is 9.97. The summed E-state index contributed by atoms with van der Waals surface area (Å²) in [6.07, 6.45) is 0.737. The van der Waals surface area contributed by atoms with Crippen LogP contribution in [0, 0.1) is 5.41 Å². The zero-order valence-electron chi connectivity index (χ0n) is 12.5. The van der Waals surface area contributed by atoms with Gasteiger partial charge in [-0.05, 0) is 50.9 Å². The molecule has 0 spiro atoms. The van der Waals surface area contributed by atoms with Crippen LogP contribution in [-0.2, 0) is 16.0 Å². The third-order valence-corrected chi connectivity index (χ3v) is 4.29. The molecule has 0 aromatic carbocycles. The maximum absolute atomic E-state index is 11.8. The molecule has 0 bridgehead atoms. The molecule has 21 heavy (non-hydrogen) atoms. The summed E-state index contributed by atoms with van der Waals surface area (Å²) in [4.78, 5) is 17.4. The summed E-state index contributed by atoms with van der Waals surface area (Å²) < 4.78 is 5.37. The van der Waals surface area contributed by atoms with E-state index in [1.54, 1.807) is 11.3 Å². The molecule has 5 nitrogen and oxygen atoms in total. The number of nitrogens with zero attached hydrogens (tertiary/aromatic N) is 2. The lowest BCUT2D eigenvalue weighted by molar-refractivity contribution is -0.153. The van der Waals surface area contributed by atoms with E-state index in [4.69, 9.17) is 4.74 Å². The summed E-state index contributed by atoms with van der Waals surface area (Å²) in [7, 11) is 0. The lowest BCUT2D eigenvalue weighted by Gasteiger charge is -2.19. The topological polar surface area (TPSA) is 67.9 Å². The molecule has 1 atom stereocenters. The predicted molar refractivity (Wildman–Crippen MR) is 84.4 cm³/mol. The third kappa shape index (κ3) is 4.86. The molecule has 2 heterocycles. The fraction of sp³-hybridized carbons (Fsp3) is 0.500. The number of carbonyl (C=O) groups excluding carboxylic acids is 1. The van der Waals surface area contributed by atoms with E-state index in [1.807, 2.05) is 39.1 Å². The number of ether oxygens (including phenoxy) is 1. The summed E-state index contributed by atoms with van der Waals surface area (Å²) >= 11 is 3.02. The van der Waals surface area contributed by atoms with Gasteiger partial charge in [0.05, 0.1) is 5.41 Å². The Bertz CT molecular complexity index is 588. The number of hydrogen-bond acceptors (Lipinski definition) is 6. The average Bonchev–Trinajstić information content (AvgIpc) is 3.00. The Kier molecular flexibility index (Phi) is 5.05. The van der Waals surface area contributed by atoms with Crippen molar-refractivity contribution < 1.29 is 9.53 Å². The second-order valence-electron chi connectivity index (χ2n) is 5.66. The van der Waals surface area contributed by atoms with Gasteiger partial charge >= 0.3 is 5.97 Å². The maximum atomic E-state index is 11.8. The minimum absolute atomic E-state index is 0.225. The molecule has 0 radical (unpaired) electrons. The molecule has 0 saturated heterocycles. The smallest absolute Gasteiger partial charge is 0.312 e. The predicted octanol–water partition coefficient (Wildman–Crippen LogP) is 3.48. The van der Waals surface area contributed by atoms with Gasteiger partial charge in [-0.3, -0.25) is 9.89 Å². The fourth-order valence-electron chi connectivity index (χ4n) is 1.49. The largest absolute Gasteiger partial charge is 0.451 e. The van der Waals surface area contributed by atoms with Crippen molar-refractivity contribution >= 4 is 29.1 Å². The first-order valence-electron chi connectivity index (χ1n) is 6.66. The molecule has 114 valence electrons. The van der Waals surface area contributed by atoms with Crippen molar-refractivity contribution in [2.24, 2.45) is 5.41 Å². The van der Waals surface area contributed by atoms with Crippen LogP contribution in [0.5, 0.6) is 0 Å². The minimum atomic E-state index is -0.502. The Hall–Kier alpha value is -1.34. The van der Waals surface area contributed by atoms with Crippen LogP contribution in [0.25, 0.3) is 0 Å². The number of nitrogens with one attached hydrogen (secondary N) is 1. The number of H-pyrrole nitrogens is 1. The average molecular weight is 325 g/mol. The van der Waals surface area contributed by atoms with E-state index >= 15 is 0 Å². The molecule has 2 aromatic rings. The molecule has 0 saturated carbocycles. The number of thiophene rings is 1. The van der Waals surface area contributed by atoms with Crippen LogP contribution >= 0.6 is 23.1 Å². The highest BCUT2D eigenvalue weighted by Crippen LogP contribution is 2.24. The van der Waals surface area contributed by atoms with Crippen molar-refractivity contribution in [3.05, 3.63) is 28.2 Å². The molecule has 1 unspecified atom stereocenters. The maximum Gasteiger partial charge on any atom is 0.312 e. The zero-order chi connectivity index (χ0) is 15.5.